The lowest BCUT2D eigenvalue weighted by atomic mass is 9.82. The van der Waals surface area contributed by atoms with Crippen molar-refractivity contribution in [2.45, 2.75) is 19.4 Å². The van der Waals surface area contributed by atoms with Crippen LogP contribution in [0.2, 0.25) is 0 Å². The van der Waals surface area contributed by atoms with E-state index in [-0.39, 0.29) is 24.7 Å². The van der Waals surface area contributed by atoms with Crippen LogP contribution in [0.3, 0.4) is 0 Å². The third kappa shape index (κ3) is 2.25. The van der Waals surface area contributed by atoms with Crippen molar-refractivity contribution in [2.75, 3.05) is 18.0 Å². The fourth-order valence-electron chi connectivity index (χ4n) is 2.10. The van der Waals surface area contributed by atoms with Gasteiger partial charge in [0.1, 0.15) is 11.3 Å². The van der Waals surface area contributed by atoms with Crippen molar-refractivity contribution in [1.29, 1.82) is 0 Å². The van der Waals surface area contributed by atoms with Crippen LogP contribution in [0.4, 0.5) is 20.2 Å². The zero-order chi connectivity index (χ0) is 14.4. The molecule has 0 amide bonds. The Morgan fingerprint density at radius 1 is 1.37 bits per heavy atom. The van der Waals surface area contributed by atoms with Crippen molar-refractivity contribution in [3.8, 4) is 0 Å². The smallest absolute Gasteiger partial charge is 0.275 e. The number of aliphatic hydroxyl groups is 1. The van der Waals surface area contributed by atoms with Gasteiger partial charge in [-0.3, -0.25) is 10.1 Å². The number of benzene rings is 1. The van der Waals surface area contributed by atoms with Gasteiger partial charge in [0.2, 0.25) is 0 Å². The van der Waals surface area contributed by atoms with Crippen LogP contribution in [-0.2, 0) is 0 Å². The first-order valence-electron chi connectivity index (χ1n) is 5.85. The first kappa shape index (κ1) is 13.7. The second-order valence-electron chi connectivity index (χ2n) is 5.13. The van der Waals surface area contributed by atoms with Gasteiger partial charge >= 0.3 is 0 Å². The van der Waals surface area contributed by atoms with E-state index in [4.69, 9.17) is 0 Å². The predicted octanol–water partition coefficient (Wildman–Crippen LogP) is 2.08. The van der Waals surface area contributed by atoms with Gasteiger partial charge in [0.15, 0.2) is 11.6 Å². The monoisotopic (exact) mass is 272 g/mol. The zero-order valence-corrected chi connectivity index (χ0v) is 10.6. The standard InChI is InChI=1S/C12H14F2N2O3/c1-7(2)12(17)5-15(6-12)11-9(13)3-8(16(18)19)4-10(11)14/h3-4,7,17H,5-6H2,1-2H3. The summed E-state index contributed by atoms with van der Waals surface area (Å²) in [5, 5.41) is 20.5. The van der Waals surface area contributed by atoms with Crippen molar-refractivity contribution in [3.63, 3.8) is 0 Å². The van der Waals surface area contributed by atoms with Crippen molar-refractivity contribution in [2.24, 2.45) is 5.92 Å². The van der Waals surface area contributed by atoms with Gasteiger partial charge in [-0.25, -0.2) is 8.78 Å². The normalized spacial score (nSPS) is 17.5. The summed E-state index contributed by atoms with van der Waals surface area (Å²) >= 11 is 0. The van der Waals surface area contributed by atoms with Crippen LogP contribution in [0.15, 0.2) is 12.1 Å². The maximum atomic E-state index is 13.7. The summed E-state index contributed by atoms with van der Waals surface area (Å²) in [6.45, 7) is 3.85. The highest BCUT2D eigenvalue weighted by Crippen LogP contribution is 2.37. The largest absolute Gasteiger partial charge is 0.386 e. The molecule has 0 aliphatic carbocycles. The number of anilines is 1. The maximum absolute atomic E-state index is 13.7. The molecule has 104 valence electrons. The number of halogens is 2. The molecule has 0 saturated carbocycles. The molecule has 0 spiro atoms. The van der Waals surface area contributed by atoms with Gasteiger partial charge in [-0.05, 0) is 5.92 Å². The van der Waals surface area contributed by atoms with Gasteiger partial charge in [-0.2, -0.15) is 0 Å². The molecular weight excluding hydrogens is 258 g/mol. The van der Waals surface area contributed by atoms with Gasteiger partial charge in [-0.15, -0.1) is 0 Å². The first-order chi connectivity index (χ1) is 8.74. The number of hydrogen-bond acceptors (Lipinski definition) is 4. The lowest BCUT2D eigenvalue weighted by molar-refractivity contribution is -0.385. The molecule has 1 aliphatic heterocycles. The van der Waals surface area contributed by atoms with Crippen molar-refractivity contribution < 1.29 is 18.8 Å². The van der Waals surface area contributed by atoms with E-state index < -0.39 is 27.8 Å². The molecule has 1 heterocycles. The summed E-state index contributed by atoms with van der Waals surface area (Å²) in [5.74, 6) is -2.01. The third-order valence-electron chi connectivity index (χ3n) is 3.53. The van der Waals surface area contributed by atoms with E-state index in [2.05, 4.69) is 0 Å². The van der Waals surface area contributed by atoms with Gasteiger partial charge in [0, 0.05) is 13.1 Å². The Morgan fingerprint density at radius 2 is 1.84 bits per heavy atom. The van der Waals surface area contributed by atoms with E-state index in [9.17, 15) is 24.0 Å². The highest BCUT2D eigenvalue weighted by Gasteiger charge is 2.45. The molecule has 5 nitrogen and oxygen atoms in total. The van der Waals surface area contributed by atoms with Gasteiger partial charge in [0.25, 0.3) is 5.69 Å². The summed E-state index contributed by atoms with van der Waals surface area (Å²) in [4.78, 5) is 11.0. The van der Waals surface area contributed by atoms with E-state index in [1.807, 2.05) is 13.8 Å². The van der Waals surface area contributed by atoms with Crippen molar-refractivity contribution >= 4 is 11.4 Å². The second-order valence-corrected chi connectivity index (χ2v) is 5.13. The summed E-state index contributed by atoms with van der Waals surface area (Å²) < 4.78 is 27.5. The third-order valence-corrected chi connectivity index (χ3v) is 3.53. The minimum absolute atomic E-state index is 0.0343. The average Bonchev–Trinajstić information content (AvgIpc) is 2.24. The Bertz CT molecular complexity index is 505. The Labute approximate surface area is 108 Å². The number of nitro benzene ring substituents is 1. The Kier molecular flexibility index (Phi) is 3.17. The SMILES string of the molecule is CC(C)C1(O)CN(c2c(F)cc([N+](=O)[O-])cc2F)C1. The lowest BCUT2D eigenvalue weighted by Gasteiger charge is -2.50. The summed E-state index contributed by atoms with van der Waals surface area (Å²) in [6, 6.07) is 1.37. The van der Waals surface area contributed by atoms with Crippen LogP contribution in [0.25, 0.3) is 0 Å². The predicted molar refractivity (Wildman–Crippen MR) is 65.0 cm³/mol. The van der Waals surface area contributed by atoms with E-state index in [1.165, 1.54) is 4.90 Å². The Hall–Kier alpha value is -1.76. The molecule has 0 atom stereocenters. The number of rotatable bonds is 3. The number of nitro groups is 1. The number of β-amino-alcohol motifs (C(OH)–C–C–N with tert-alkyl or cyclic N) is 1. The zero-order valence-electron chi connectivity index (χ0n) is 10.6. The molecule has 2 rings (SSSR count). The molecule has 0 unspecified atom stereocenters. The minimum Gasteiger partial charge on any atom is -0.386 e. The van der Waals surface area contributed by atoms with E-state index in [1.54, 1.807) is 0 Å². The molecule has 1 saturated heterocycles. The van der Waals surface area contributed by atoms with Crippen LogP contribution in [0, 0.1) is 27.7 Å². The summed E-state index contributed by atoms with van der Waals surface area (Å²) in [6.07, 6.45) is 0. The fraction of sp³-hybridized carbons (Fsp3) is 0.500. The minimum atomic E-state index is -0.988. The molecule has 0 bridgehead atoms. The van der Waals surface area contributed by atoms with Gasteiger partial charge < -0.3 is 10.0 Å². The van der Waals surface area contributed by atoms with Crippen molar-refractivity contribution in [3.05, 3.63) is 33.9 Å². The average molecular weight is 272 g/mol. The molecule has 0 radical (unpaired) electrons. The molecule has 1 aliphatic rings. The molecule has 0 aromatic heterocycles. The molecule has 1 fully saturated rings. The topological polar surface area (TPSA) is 66.6 Å². The second kappa shape index (κ2) is 4.41. The molecule has 19 heavy (non-hydrogen) atoms. The summed E-state index contributed by atoms with van der Waals surface area (Å²) in [5.41, 5.74) is -1.92. The van der Waals surface area contributed by atoms with Gasteiger partial charge in [0.05, 0.1) is 17.1 Å². The first-order valence-corrected chi connectivity index (χ1v) is 5.85. The summed E-state index contributed by atoms with van der Waals surface area (Å²) in [7, 11) is 0. The number of hydrogen-bond donors (Lipinski definition) is 1. The lowest BCUT2D eigenvalue weighted by Crippen LogP contribution is -2.65. The van der Waals surface area contributed by atoms with Crippen LogP contribution in [0.1, 0.15) is 13.8 Å². The maximum Gasteiger partial charge on any atom is 0.275 e. The van der Waals surface area contributed by atoms with Crippen LogP contribution >= 0.6 is 0 Å². The van der Waals surface area contributed by atoms with Crippen molar-refractivity contribution in [1.82, 2.24) is 0 Å². The van der Waals surface area contributed by atoms with E-state index >= 15 is 0 Å². The highest BCUT2D eigenvalue weighted by atomic mass is 19.1. The number of nitrogens with zero attached hydrogens (tertiary/aromatic N) is 2. The molecular formula is C12H14F2N2O3. The van der Waals surface area contributed by atoms with E-state index in [0.29, 0.717) is 12.1 Å². The highest BCUT2D eigenvalue weighted by molar-refractivity contribution is 5.56. The van der Waals surface area contributed by atoms with Crippen LogP contribution in [-0.4, -0.2) is 28.7 Å². The molecule has 1 aromatic rings. The van der Waals surface area contributed by atoms with E-state index in [0.717, 1.165) is 0 Å². The number of non-ortho nitro benzene ring substituents is 1. The van der Waals surface area contributed by atoms with Gasteiger partial charge in [-0.1, -0.05) is 13.8 Å². The quantitative estimate of drug-likeness (QED) is 0.675. The van der Waals surface area contributed by atoms with Crippen LogP contribution in [0.5, 0.6) is 0 Å². The Balaban J connectivity index is 2.27. The molecule has 1 N–H and O–H groups in total. The molecule has 7 heteroatoms. The Morgan fingerprint density at radius 3 is 2.21 bits per heavy atom. The fourth-order valence-corrected chi connectivity index (χ4v) is 2.10. The molecule has 1 aromatic carbocycles. The van der Waals surface area contributed by atoms with Crippen LogP contribution < -0.4 is 4.90 Å².